The molecule has 1 aromatic heterocycles. The minimum absolute atomic E-state index is 0.0320. The molecule has 1 unspecified atom stereocenters. The Balaban J connectivity index is 1.81. The number of anilines is 3. The smallest absolute Gasteiger partial charge is 0.348 e. The Morgan fingerprint density at radius 1 is 1.19 bits per heavy atom. The van der Waals surface area contributed by atoms with E-state index in [4.69, 9.17) is 0 Å². The van der Waals surface area contributed by atoms with Gasteiger partial charge in [0.25, 0.3) is 0 Å². The standard InChI is InChI=1S/C19H23N5O2/c1-2-15-8-5-6-11-22(15)18-17(24(25)26)19(21-13-20-18)23-12-10-14-7-3-4-9-16(14)23/h3-4,7,9,13,15H,2,5-6,8,10-12H2,1H3. The van der Waals surface area contributed by atoms with Gasteiger partial charge in [-0.05, 0) is 43.7 Å². The number of aromatic nitrogens is 2. The van der Waals surface area contributed by atoms with Crippen LogP contribution in [0, 0.1) is 10.1 Å². The molecule has 26 heavy (non-hydrogen) atoms. The summed E-state index contributed by atoms with van der Waals surface area (Å²) in [5.41, 5.74) is 2.24. The average Bonchev–Trinajstić information content (AvgIpc) is 3.11. The SMILES string of the molecule is CCC1CCCCN1c1ncnc(N2CCc3ccccc32)c1[N+](=O)[O-]. The number of hydrogen-bond donors (Lipinski definition) is 0. The van der Waals surface area contributed by atoms with Gasteiger partial charge in [-0.1, -0.05) is 25.1 Å². The second-order valence-electron chi connectivity index (χ2n) is 6.91. The summed E-state index contributed by atoms with van der Waals surface area (Å²) in [6.45, 7) is 3.65. The van der Waals surface area contributed by atoms with Crippen molar-refractivity contribution in [3.8, 4) is 0 Å². The number of hydrogen-bond acceptors (Lipinski definition) is 6. The van der Waals surface area contributed by atoms with Crippen molar-refractivity contribution in [3.05, 3.63) is 46.3 Å². The summed E-state index contributed by atoms with van der Waals surface area (Å²) in [5.74, 6) is 0.876. The molecule has 0 aliphatic carbocycles. The van der Waals surface area contributed by atoms with E-state index < -0.39 is 0 Å². The number of piperidine rings is 1. The number of nitrogens with zero attached hydrogens (tertiary/aromatic N) is 5. The Morgan fingerprint density at radius 3 is 2.81 bits per heavy atom. The number of nitro groups is 1. The highest BCUT2D eigenvalue weighted by Crippen LogP contribution is 2.42. The van der Waals surface area contributed by atoms with Gasteiger partial charge in [-0.25, -0.2) is 9.97 Å². The van der Waals surface area contributed by atoms with E-state index in [0.717, 1.165) is 37.9 Å². The van der Waals surface area contributed by atoms with Gasteiger partial charge in [0.1, 0.15) is 6.33 Å². The van der Waals surface area contributed by atoms with Crippen molar-refractivity contribution in [2.75, 3.05) is 22.9 Å². The van der Waals surface area contributed by atoms with E-state index in [0.29, 0.717) is 24.2 Å². The molecule has 7 nitrogen and oxygen atoms in total. The first-order valence-corrected chi connectivity index (χ1v) is 9.32. The maximum absolute atomic E-state index is 12.0. The molecule has 7 heteroatoms. The molecule has 1 aromatic carbocycles. The molecular weight excluding hydrogens is 330 g/mol. The van der Waals surface area contributed by atoms with Gasteiger partial charge in [-0.2, -0.15) is 0 Å². The maximum Gasteiger partial charge on any atom is 0.354 e. The molecule has 0 N–H and O–H groups in total. The van der Waals surface area contributed by atoms with Crippen molar-refractivity contribution >= 4 is 23.0 Å². The quantitative estimate of drug-likeness (QED) is 0.614. The van der Waals surface area contributed by atoms with Crippen LogP contribution in [0.4, 0.5) is 23.0 Å². The fourth-order valence-electron chi connectivity index (χ4n) is 4.19. The third-order valence-corrected chi connectivity index (χ3v) is 5.48. The van der Waals surface area contributed by atoms with Crippen LogP contribution in [0.1, 0.15) is 38.2 Å². The molecule has 2 aromatic rings. The van der Waals surface area contributed by atoms with Crippen LogP contribution in [0.2, 0.25) is 0 Å². The van der Waals surface area contributed by atoms with E-state index in [-0.39, 0.29) is 10.6 Å². The molecular formula is C19H23N5O2. The summed E-state index contributed by atoms with van der Waals surface area (Å²) >= 11 is 0. The van der Waals surface area contributed by atoms with Crippen molar-refractivity contribution in [3.63, 3.8) is 0 Å². The normalized spacial score (nSPS) is 19.5. The van der Waals surface area contributed by atoms with Gasteiger partial charge < -0.3 is 9.80 Å². The minimum atomic E-state index is -0.313. The molecule has 2 aliphatic heterocycles. The Morgan fingerprint density at radius 2 is 2.00 bits per heavy atom. The zero-order chi connectivity index (χ0) is 18.1. The second-order valence-corrected chi connectivity index (χ2v) is 6.91. The summed E-state index contributed by atoms with van der Waals surface area (Å²) in [7, 11) is 0. The van der Waals surface area contributed by atoms with Crippen LogP contribution in [0.25, 0.3) is 0 Å². The van der Waals surface area contributed by atoms with E-state index >= 15 is 0 Å². The number of benzene rings is 1. The molecule has 0 radical (unpaired) electrons. The molecule has 1 atom stereocenters. The van der Waals surface area contributed by atoms with E-state index in [1.54, 1.807) is 0 Å². The molecule has 0 amide bonds. The zero-order valence-corrected chi connectivity index (χ0v) is 15.0. The first-order chi connectivity index (χ1) is 12.7. The molecule has 0 bridgehead atoms. The second kappa shape index (κ2) is 6.90. The number of fused-ring (bicyclic) bond motifs is 1. The van der Waals surface area contributed by atoms with Gasteiger partial charge in [-0.15, -0.1) is 0 Å². The van der Waals surface area contributed by atoms with E-state index in [2.05, 4.69) is 27.9 Å². The van der Waals surface area contributed by atoms with Crippen LogP contribution >= 0.6 is 0 Å². The highest BCUT2D eigenvalue weighted by molar-refractivity contribution is 5.79. The van der Waals surface area contributed by atoms with E-state index in [1.807, 2.05) is 23.1 Å². The Hall–Kier alpha value is -2.70. The fourth-order valence-corrected chi connectivity index (χ4v) is 4.19. The lowest BCUT2D eigenvalue weighted by atomic mass is 10.00. The molecule has 3 heterocycles. The monoisotopic (exact) mass is 353 g/mol. The summed E-state index contributed by atoms with van der Waals surface area (Å²) < 4.78 is 0. The highest BCUT2D eigenvalue weighted by Gasteiger charge is 2.35. The molecule has 136 valence electrons. The van der Waals surface area contributed by atoms with Gasteiger partial charge in [0.2, 0.25) is 11.6 Å². The van der Waals surface area contributed by atoms with Crippen molar-refractivity contribution in [2.24, 2.45) is 0 Å². The maximum atomic E-state index is 12.0. The van der Waals surface area contributed by atoms with E-state index in [9.17, 15) is 10.1 Å². The van der Waals surface area contributed by atoms with Gasteiger partial charge in [0, 0.05) is 24.8 Å². The van der Waals surface area contributed by atoms with Crippen LogP contribution < -0.4 is 9.80 Å². The van der Waals surface area contributed by atoms with E-state index in [1.165, 1.54) is 18.3 Å². The van der Waals surface area contributed by atoms with Crippen LogP contribution in [0.5, 0.6) is 0 Å². The van der Waals surface area contributed by atoms with Crippen molar-refractivity contribution in [2.45, 2.75) is 45.1 Å². The average molecular weight is 353 g/mol. The zero-order valence-electron chi connectivity index (χ0n) is 15.0. The number of para-hydroxylation sites is 1. The summed E-state index contributed by atoms with van der Waals surface area (Å²) in [6.07, 6.45) is 6.57. The van der Waals surface area contributed by atoms with Gasteiger partial charge in [0.15, 0.2) is 0 Å². The first kappa shape index (κ1) is 16.8. The van der Waals surface area contributed by atoms with Crippen LogP contribution in [0.3, 0.4) is 0 Å². The molecule has 4 rings (SSSR count). The lowest BCUT2D eigenvalue weighted by molar-refractivity contribution is -0.383. The number of rotatable bonds is 4. The summed E-state index contributed by atoms with van der Waals surface area (Å²) in [6, 6.07) is 8.34. The summed E-state index contributed by atoms with van der Waals surface area (Å²) in [4.78, 5) is 24.5. The molecule has 1 fully saturated rings. The third-order valence-electron chi connectivity index (χ3n) is 5.48. The predicted octanol–water partition coefficient (Wildman–Crippen LogP) is 3.85. The first-order valence-electron chi connectivity index (χ1n) is 9.32. The summed E-state index contributed by atoms with van der Waals surface area (Å²) in [5, 5.41) is 12.0. The Labute approximate surface area is 152 Å². The minimum Gasteiger partial charge on any atom is -0.348 e. The predicted molar refractivity (Wildman–Crippen MR) is 101 cm³/mol. The largest absolute Gasteiger partial charge is 0.354 e. The lowest BCUT2D eigenvalue weighted by Gasteiger charge is -2.36. The fraction of sp³-hybridized carbons (Fsp3) is 0.474. The Kier molecular flexibility index (Phi) is 4.44. The van der Waals surface area contributed by atoms with Crippen LogP contribution in [-0.2, 0) is 6.42 Å². The van der Waals surface area contributed by atoms with Crippen molar-refractivity contribution in [1.29, 1.82) is 0 Å². The molecule has 1 saturated heterocycles. The van der Waals surface area contributed by atoms with Crippen LogP contribution in [-0.4, -0.2) is 34.0 Å². The topological polar surface area (TPSA) is 75.4 Å². The molecule has 2 aliphatic rings. The van der Waals surface area contributed by atoms with Gasteiger partial charge in [0.05, 0.1) is 4.92 Å². The van der Waals surface area contributed by atoms with Gasteiger partial charge in [-0.3, -0.25) is 10.1 Å². The molecule has 0 spiro atoms. The lowest BCUT2D eigenvalue weighted by Crippen LogP contribution is -2.40. The Bertz CT molecular complexity index is 825. The van der Waals surface area contributed by atoms with Crippen LogP contribution in [0.15, 0.2) is 30.6 Å². The van der Waals surface area contributed by atoms with Crippen molar-refractivity contribution < 1.29 is 4.92 Å². The van der Waals surface area contributed by atoms with Crippen molar-refractivity contribution in [1.82, 2.24) is 9.97 Å². The molecule has 0 saturated carbocycles. The van der Waals surface area contributed by atoms with Gasteiger partial charge >= 0.3 is 5.69 Å². The third kappa shape index (κ3) is 2.77. The highest BCUT2D eigenvalue weighted by atomic mass is 16.6.